The van der Waals surface area contributed by atoms with E-state index in [9.17, 15) is 9.59 Å². The molecule has 1 aromatic carbocycles. The molecular weight excluding hydrogens is 354 g/mol. The largest absolute Gasteiger partial charge is 0.466 e. The van der Waals surface area contributed by atoms with Crippen LogP contribution in [0.15, 0.2) is 36.4 Å². The number of aryl methyl sites for hydroxylation is 1. The first kappa shape index (κ1) is 18.7. The van der Waals surface area contributed by atoms with Crippen LogP contribution in [-0.4, -0.2) is 45.2 Å². The van der Waals surface area contributed by atoms with Gasteiger partial charge in [-0.3, -0.25) is 14.3 Å². The monoisotopic (exact) mass is 381 g/mol. The lowest BCUT2D eigenvalue weighted by atomic mass is 9.72. The Bertz CT molecular complexity index is 892. The van der Waals surface area contributed by atoms with E-state index < -0.39 is 5.41 Å². The molecular formula is C22H27N3O3. The van der Waals surface area contributed by atoms with Crippen molar-refractivity contribution in [2.75, 3.05) is 6.61 Å². The molecule has 0 spiro atoms. The van der Waals surface area contributed by atoms with E-state index in [0.29, 0.717) is 25.1 Å². The topological polar surface area (TPSA) is 64.4 Å². The predicted molar refractivity (Wildman–Crippen MR) is 106 cm³/mol. The summed E-state index contributed by atoms with van der Waals surface area (Å²) >= 11 is 0. The molecule has 6 heteroatoms. The number of ether oxygens (including phenoxy) is 1. The van der Waals surface area contributed by atoms with Crippen LogP contribution in [0.2, 0.25) is 0 Å². The Labute approximate surface area is 165 Å². The van der Waals surface area contributed by atoms with Crippen LogP contribution in [0.1, 0.15) is 50.0 Å². The number of hydrogen-bond acceptors (Lipinski definition) is 4. The first-order valence-electron chi connectivity index (χ1n) is 10.1. The summed E-state index contributed by atoms with van der Waals surface area (Å²) in [6, 6.07) is 11.7. The van der Waals surface area contributed by atoms with Crippen molar-refractivity contribution in [1.29, 1.82) is 0 Å². The zero-order chi connectivity index (χ0) is 19.9. The minimum Gasteiger partial charge on any atom is -0.466 e. The summed E-state index contributed by atoms with van der Waals surface area (Å²) in [5.74, 6) is -0.193. The fraction of sp³-hybridized carbons (Fsp3) is 0.500. The van der Waals surface area contributed by atoms with E-state index in [0.717, 1.165) is 24.1 Å². The van der Waals surface area contributed by atoms with Gasteiger partial charge in [0.2, 0.25) is 0 Å². The van der Waals surface area contributed by atoms with Crippen molar-refractivity contribution < 1.29 is 14.3 Å². The van der Waals surface area contributed by atoms with Gasteiger partial charge >= 0.3 is 5.97 Å². The van der Waals surface area contributed by atoms with E-state index in [1.54, 1.807) is 11.7 Å². The maximum Gasteiger partial charge on any atom is 0.314 e. The molecule has 3 heterocycles. The van der Waals surface area contributed by atoms with Crippen LogP contribution in [0.3, 0.4) is 0 Å². The summed E-state index contributed by atoms with van der Waals surface area (Å²) in [5.41, 5.74) is 1.75. The minimum atomic E-state index is -0.574. The van der Waals surface area contributed by atoms with Gasteiger partial charge in [-0.25, -0.2) is 0 Å². The summed E-state index contributed by atoms with van der Waals surface area (Å²) in [7, 11) is 1.80. The van der Waals surface area contributed by atoms with Gasteiger partial charge in [0.25, 0.3) is 5.91 Å². The molecule has 0 radical (unpaired) electrons. The highest BCUT2D eigenvalue weighted by atomic mass is 16.5. The summed E-state index contributed by atoms with van der Waals surface area (Å²) in [6.07, 6.45) is 3.19. The number of nitrogens with zero attached hydrogens (tertiary/aromatic N) is 3. The Morgan fingerprint density at radius 2 is 1.96 bits per heavy atom. The molecule has 0 unspecified atom stereocenters. The molecule has 0 saturated carbocycles. The summed E-state index contributed by atoms with van der Waals surface area (Å²) in [5, 5.41) is 4.54. The van der Waals surface area contributed by atoms with Crippen molar-refractivity contribution in [2.24, 2.45) is 12.5 Å². The number of fused-ring (bicyclic) bond motifs is 2. The Morgan fingerprint density at radius 3 is 2.64 bits per heavy atom. The first-order chi connectivity index (χ1) is 13.5. The van der Waals surface area contributed by atoms with Gasteiger partial charge in [0.15, 0.2) is 0 Å². The molecule has 1 amide bonds. The lowest BCUT2D eigenvalue weighted by Gasteiger charge is -2.34. The van der Waals surface area contributed by atoms with Gasteiger partial charge in [-0.15, -0.1) is 0 Å². The third-order valence-electron chi connectivity index (χ3n) is 6.46. The van der Waals surface area contributed by atoms with Crippen molar-refractivity contribution in [3.63, 3.8) is 0 Å². The highest BCUT2D eigenvalue weighted by Crippen LogP contribution is 2.52. The van der Waals surface area contributed by atoms with Crippen molar-refractivity contribution in [3.05, 3.63) is 42.1 Å². The second kappa shape index (κ2) is 7.08. The summed E-state index contributed by atoms with van der Waals surface area (Å²) in [4.78, 5) is 28.2. The lowest BCUT2D eigenvalue weighted by molar-refractivity contribution is -0.157. The van der Waals surface area contributed by atoms with Crippen molar-refractivity contribution in [3.8, 4) is 11.3 Å². The van der Waals surface area contributed by atoms with Crippen LogP contribution in [0, 0.1) is 5.41 Å². The molecule has 148 valence electrons. The van der Waals surface area contributed by atoms with Crippen LogP contribution < -0.4 is 0 Å². The second-order valence-corrected chi connectivity index (χ2v) is 7.80. The molecule has 2 fully saturated rings. The molecule has 2 bridgehead atoms. The number of esters is 1. The van der Waals surface area contributed by atoms with E-state index in [2.05, 4.69) is 5.10 Å². The van der Waals surface area contributed by atoms with E-state index in [1.165, 1.54) is 0 Å². The Hall–Kier alpha value is -2.63. The second-order valence-electron chi connectivity index (χ2n) is 7.80. The van der Waals surface area contributed by atoms with Gasteiger partial charge in [0.05, 0.1) is 17.7 Å². The highest BCUT2D eigenvalue weighted by molar-refractivity contribution is 5.95. The third kappa shape index (κ3) is 2.74. The number of hydrogen-bond donors (Lipinski definition) is 0. The maximum absolute atomic E-state index is 13.5. The van der Waals surface area contributed by atoms with Crippen LogP contribution in [0.5, 0.6) is 0 Å². The quantitative estimate of drug-likeness (QED) is 0.745. The zero-order valence-corrected chi connectivity index (χ0v) is 16.7. The molecule has 0 N–H and O–H groups in total. The van der Waals surface area contributed by atoms with Crippen LogP contribution in [0.25, 0.3) is 11.3 Å². The Balaban J connectivity index is 1.64. The average Bonchev–Trinajstić information content (AvgIpc) is 3.39. The zero-order valence-electron chi connectivity index (χ0n) is 16.7. The molecule has 1 aromatic heterocycles. The molecule has 2 aliphatic rings. The third-order valence-corrected chi connectivity index (χ3v) is 6.46. The lowest BCUT2D eigenvalue weighted by Crippen LogP contribution is -2.46. The number of rotatable bonds is 5. The molecule has 4 rings (SSSR count). The smallest absolute Gasteiger partial charge is 0.314 e. The summed E-state index contributed by atoms with van der Waals surface area (Å²) in [6.45, 7) is 4.23. The van der Waals surface area contributed by atoms with E-state index in [-0.39, 0.29) is 24.0 Å². The number of carbonyl (C=O) groups excluding carboxylic acids is 2. The predicted octanol–water partition coefficient (Wildman–Crippen LogP) is 3.42. The molecule has 3 atom stereocenters. The SMILES string of the molecule is CCOC(=O)[C@@]1(CC)C[C@H]2CC[C@@H]1N2C(=O)c1cc(-c2ccccc2)nn1C. The van der Waals surface area contributed by atoms with Gasteiger partial charge < -0.3 is 9.64 Å². The maximum atomic E-state index is 13.5. The van der Waals surface area contributed by atoms with Gasteiger partial charge in [-0.05, 0) is 38.7 Å². The Kier molecular flexibility index (Phi) is 4.73. The molecule has 6 nitrogen and oxygen atoms in total. The van der Waals surface area contributed by atoms with Gasteiger partial charge in [-0.1, -0.05) is 37.3 Å². The van der Waals surface area contributed by atoms with E-state index in [1.807, 2.05) is 55.1 Å². The van der Waals surface area contributed by atoms with Crippen molar-refractivity contribution in [1.82, 2.24) is 14.7 Å². The average molecular weight is 381 g/mol. The standard InChI is InChI=1S/C22H27N3O3/c1-4-22(21(27)28-5-2)14-16-11-12-19(22)25(16)20(26)18-13-17(23-24(18)3)15-9-7-6-8-10-15/h6-10,13,16,19H,4-5,11-12,14H2,1-3H3/t16-,19+,22+/m1/s1. The molecule has 2 aliphatic heterocycles. The number of carbonyl (C=O) groups is 2. The minimum absolute atomic E-state index is 0.0377. The Morgan fingerprint density at radius 1 is 1.21 bits per heavy atom. The molecule has 2 aromatic rings. The van der Waals surface area contributed by atoms with Crippen molar-refractivity contribution >= 4 is 11.9 Å². The van der Waals surface area contributed by atoms with E-state index >= 15 is 0 Å². The van der Waals surface area contributed by atoms with Crippen LogP contribution in [0.4, 0.5) is 0 Å². The number of benzene rings is 1. The van der Waals surface area contributed by atoms with Crippen LogP contribution in [-0.2, 0) is 16.6 Å². The first-order valence-corrected chi connectivity index (χ1v) is 10.1. The fourth-order valence-electron chi connectivity index (χ4n) is 5.06. The van der Waals surface area contributed by atoms with E-state index in [4.69, 9.17) is 4.74 Å². The summed E-state index contributed by atoms with van der Waals surface area (Å²) < 4.78 is 7.05. The van der Waals surface area contributed by atoms with Crippen molar-refractivity contribution in [2.45, 2.75) is 51.6 Å². The van der Waals surface area contributed by atoms with Crippen LogP contribution >= 0.6 is 0 Å². The number of aromatic nitrogens is 2. The highest BCUT2D eigenvalue weighted by Gasteiger charge is 2.61. The molecule has 28 heavy (non-hydrogen) atoms. The fourth-order valence-corrected chi connectivity index (χ4v) is 5.06. The molecule has 0 aliphatic carbocycles. The van der Waals surface area contributed by atoms with Gasteiger partial charge in [-0.2, -0.15) is 5.10 Å². The molecule has 2 saturated heterocycles. The normalized spacial score (nSPS) is 25.9. The van der Waals surface area contributed by atoms with Gasteiger partial charge in [0, 0.05) is 24.7 Å². The number of amides is 1. The van der Waals surface area contributed by atoms with Gasteiger partial charge in [0.1, 0.15) is 5.69 Å².